The van der Waals surface area contributed by atoms with Crippen molar-refractivity contribution in [2.45, 2.75) is 26.4 Å². The highest BCUT2D eigenvalue weighted by Gasteiger charge is 2.13. The number of ether oxygens (including phenoxy) is 1. The van der Waals surface area contributed by atoms with Crippen molar-refractivity contribution in [2.24, 2.45) is 0 Å². The number of esters is 1. The molecule has 3 nitrogen and oxygen atoms in total. The molecule has 0 atom stereocenters. The van der Waals surface area contributed by atoms with Crippen molar-refractivity contribution in [1.29, 1.82) is 0 Å². The lowest BCUT2D eigenvalue weighted by molar-refractivity contribution is -0.148. The molecule has 0 bridgehead atoms. The number of carbonyl (C=O) groups is 2. The molecule has 0 radical (unpaired) electrons. The highest BCUT2D eigenvalue weighted by Crippen LogP contribution is 2.06. The normalized spacial score (nSPS) is 11.7. The molecule has 0 spiro atoms. The number of carbonyl (C=O) groups excluding carboxylic acids is 2. The summed E-state index contributed by atoms with van der Waals surface area (Å²) >= 11 is 4.96. The van der Waals surface area contributed by atoms with Gasteiger partial charge in [0.15, 0.2) is 0 Å². The third-order valence-electron chi connectivity index (χ3n) is 0.757. The molecule has 68 valence electrons. The van der Waals surface area contributed by atoms with Crippen LogP contribution in [0.2, 0.25) is 0 Å². The number of rotatable bonds is 2. The van der Waals surface area contributed by atoms with E-state index in [1.54, 1.807) is 20.8 Å². The van der Waals surface area contributed by atoms with Gasteiger partial charge in [-0.1, -0.05) is 0 Å². The van der Waals surface area contributed by atoms with Crippen LogP contribution < -0.4 is 0 Å². The summed E-state index contributed by atoms with van der Waals surface area (Å²) in [5.41, 5.74) is -0.545. The van der Waals surface area contributed by atoms with E-state index in [2.05, 4.69) is 0 Å². The van der Waals surface area contributed by atoms with Crippen LogP contribution in [0.25, 0.3) is 0 Å². The smallest absolute Gasteiger partial charge is 0.331 e. The summed E-state index contributed by atoms with van der Waals surface area (Å²) in [7, 11) is 0. The number of hydrogen-bond donors (Lipinski definition) is 0. The minimum absolute atomic E-state index is 0.545. The minimum atomic E-state index is -0.694. The molecule has 0 aromatic carbocycles. The van der Waals surface area contributed by atoms with Gasteiger partial charge in [0.2, 0.25) is 5.24 Å². The zero-order chi connectivity index (χ0) is 9.78. The summed E-state index contributed by atoms with van der Waals surface area (Å²) in [5.74, 6) is -0.573. The quantitative estimate of drug-likeness (QED) is 0.378. The lowest BCUT2D eigenvalue weighted by atomic mass is 10.2. The van der Waals surface area contributed by atoms with Gasteiger partial charge in [-0.2, -0.15) is 0 Å². The predicted molar refractivity (Wildman–Crippen MR) is 45.8 cm³/mol. The molecule has 0 aromatic heterocycles. The average Bonchev–Trinajstić information content (AvgIpc) is 1.79. The van der Waals surface area contributed by atoms with E-state index in [1.165, 1.54) is 0 Å². The molecule has 0 rings (SSSR count). The van der Waals surface area contributed by atoms with Crippen LogP contribution in [0.5, 0.6) is 0 Å². The van der Waals surface area contributed by atoms with Gasteiger partial charge in [0.1, 0.15) is 5.60 Å². The van der Waals surface area contributed by atoms with E-state index < -0.39 is 16.8 Å². The van der Waals surface area contributed by atoms with Gasteiger partial charge in [0, 0.05) is 12.2 Å². The van der Waals surface area contributed by atoms with Crippen LogP contribution in [0.15, 0.2) is 12.2 Å². The zero-order valence-electron chi connectivity index (χ0n) is 7.26. The van der Waals surface area contributed by atoms with E-state index in [0.717, 1.165) is 12.2 Å². The Morgan fingerprint density at radius 3 is 2.08 bits per heavy atom. The molecule has 12 heavy (non-hydrogen) atoms. The predicted octanol–water partition coefficient (Wildman–Crippen LogP) is 1.65. The second kappa shape index (κ2) is 4.26. The lowest BCUT2D eigenvalue weighted by Gasteiger charge is -2.17. The molecular formula is C8H11ClO3. The van der Waals surface area contributed by atoms with Crippen LogP contribution in [0.1, 0.15) is 20.8 Å². The highest BCUT2D eigenvalue weighted by molar-refractivity contribution is 6.66. The molecule has 0 N–H and O–H groups in total. The summed E-state index contributed by atoms with van der Waals surface area (Å²) in [5, 5.41) is -0.694. The van der Waals surface area contributed by atoms with Gasteiger partial charge in [0.25, 0.3) is 0 Å². The van der Waals surface area contributed by atoms with E-state index in [-0.39, 0.29) is 0 Å². The largest absolute Gasteiger partial charge is 0.457 e. The first-order chi connectivity index (χ1) is 5.31. The Hall–Kier alpha value is -0.830. The Kier molecular flexibility index (Phi) is 3.96. The van der Waals surface area contributed by atoms with Crippen molar-refractivity contribution in [3.63, 3.8) is 0 Å². The van der Waals surface area contributed by atoms with Crippen molar-refractivity contribution in [2.75, 3.05) is 0 Å². The summed E-state index contributed by atoms with van der Waals surface area (Å²) < 4.78 is 4.85. The highest BCUT2D eigenvalue weighted by atomic mass is 35.5. The van der Waals surface area contributed by atoms with Crippen molar-refractivity contribution in [3.8, 4) is 0 Å². The Bertz CT molecular complexity index is 213. The molecule has 0 unspecified atom stereocenters. The number of halogens is 1. The van der Waals surface area contributed by atoms with Crippen molar-refractivity contribution in [3.05, 3.63) is 12.2 Å². The fourth-order valence-electron chi connectivity index (χ4n) is 0.469. The molecule has 0 aliphatic heterocycles. The summed E-state index contributed by atoms with van der Waals surface area (Å²) in [4.78, 5) is 21.0. The van der Waals surface area contributed by atoms with E-state index in [0.29, 0.717) is 0 Å². The van der Waals surface area contributed by atoms with Crippen LogP contribution in [0.4, 0.5) is 0 Å². The summed E-state index contributed by atoms with van der Waals surface area (Å²) in [6, 6.07) is 0. The first kappa shape index (κ1) is 11.2. The first-order valence-corrected chi connectivity index (χ1v) is 3.79. The molecule has 0 saturated carbocycles. The Balaban J connectivity index is 3.99. The van der Waals surface area contributed by atoms with Gasteiger partial charge < -0.3 is 4.74 Å². The molecule has 0 fully saturated rings. The summed E-state index contributed by atoms with van der Waals surface area (Å²) in [6.45, 7) is 5.21. The maximum atomic E-state index is 10.8. The van der Waals surface area contributed by atoms with Crippen molar-refractivity contribution >= 4 is 22.8 Å². The third kappa shape index (κ3) is 7.28. The Morgan fingerprint density at radius 2 is 1.75 bits per heavy atom. The first-order valence-electron chi connectivity index (χ1n) is 3.42. The van der Waals surface area contributed by atoms with Crippen molar-refractivity contribution < 1.29 is 14.3 Å². The lowest BCUT2D eigenvalue weighted by Crippen LogP contribution is -2.22. The second-order valence-corrected chi connectivity index (χ2v) is 3.54. The average molecular weight is 191 g/mol. The van der Waals surface area contributed by atoms with Gasteiger partial charge in [-0.05, 0) is 32.4 Å². The van der Waals surface area contributed by atoms with Crippen LogP contribution >= 0.6 is 11.6 Å². The summed E-state index contributed by atoms with van der Waals surface area (Å²) in [6.07, 6.45) is 1.95. The molecule has 0 aliphatic rings. The van der Waals surface area contributed by atoms with Crippen LogP contribution in [0.3, 0.4) is 0 Å². The van der Waals surface area contributed by atoms with E-state index in [1.807, 2.05) is 0 Å². The molecule has 0 amide bonds. The van der Waals surface area contributed by atoms with Crippen LogP contribution in [-0.4, -0.2) is 16.8 Å². The molecular weight excluding hydrogens is 180 g/mol. The van der Waals surface area contributed by atoms with E-state index in [9.17, 15) is 9.59 Å². The number of hydrogen-bond acceptors (Lipinski definition) is 3. The third-order valence-corrected chi connectivity index (χ3v) is 0.883. The van der Waals surface area contributed by atoms with Gasteiger partial charge in [-0.25, -0.2) is 4.79 Å². The SMILES string of the molecule is CC(C)(C)OC(=O)C=CC(=O)Cl. The molecule has 0 saturated heterocycles. The van der Waals surface area contributed by atoms with Gasteiger partial charge in [-0.15, -0.1) is 0 Å². The maximum Gasteiger partial charge on any atom is 0.331 e. The van der Waals surface area contributed by atoms with Crippen molar-refractivity contribution in [1.82, 2.24) is 0 Å². The molecule has 0 aromatic rings. The van der Waals surface area contributed by atoms with Crippen LogP contribution in [-0.2, 0) is 14.3 Å². The molecule has 4 heteroatoms. The van der Waals surface area contributed by atoms with Gasteiger partial charge in [-0.3, -0.25) is 4.79 Å². The number of allylic oxidation sites excluding steroid dienone is 1. The Labute approximate surface area is 76.3 Å². The van der Waals surface area contributed by atoms with Gasteiger partial charge in [0.05, 0.1) is 0 Å². The van der Waals surface area contributed by atoms with E-state index in [4.69, 9.17) is 16.3 Å². The monoisotopic (exact) mass is 190 g/mol. The standard InChI is InChI=1S/C8H11ClO3/c1-8(2,3)12-7(11)5-4-6(9)10/h4-5H,1-3H3. The molecule has 0 heterocycles. The molecule has 0 aliphatic carbocycles. The van der Waals surface area contributed by atoms with Crippen LogP contribution in [0, 0.1) is 0 Å². The topological polar surface area (TPSA) is 43.4 Å². The zero-order valence-corrected chi connectivity index (χ0v) is 8.01. The minimum Gasteiger partial charge on any atom is -0.457 e. The fourth-order valence-corrected chi connectivity index (χ4v) is 0.532. The van der Waals surface area contributed by atoms with Gasteiger partial charge >= 0.3 is 5.97 Å². The second-order valence-electron chi connectivity index (χ2n) is 3.17. The Morgan fingerprint density at radius 1 is 1.25 bits per heavy atom. The fraction of sp³-hybridized carbons (Fsp3) is 0.500. The van der Waals surface area contributed by atoms with E-state index >= 15 is 0 Å². The maximum absolute atomic E-state index is 10.8.